The molecule has 3 aliphatic heterocycles. The lowest BCUT2D eigenvalue weighted by atomic mass is 9.96. The molecule has 19 nitrogen and oxygen atoms in total. The molecule has 3 saturated heterocycles. The first kappa shape index (κ1) is 63.8. The van der Waals surface area contributed by atoms with E-state index in [2.05, 4.69) is 79.9 Å². The van der Waals surface area contributed by atoms with Crippen LogP contribution in [0, 0.1) is 0 Å². The average Bonchev–Trinajstić information content (AvgIpc) is 3.38. The molecule has 12 N–H and O–H groups in total. The molecule has 1 amide bonds. The summed E-state index contributed by atoms with van der Waals surface area (Å²) in [5, 5.41) is 119. The molecule has 19 heteroatoms. The Bertz CT molecular complexity index is 1560. The lowest BCUT2D eigenvalue weighted by Crippen LogP contribution is -2.66. The van der Waals surface area contributed by atoms with Crippen molar-refractivity contribution in [3.63, 3.8) is 0 Å². The van der Waals surface area contributed by atoms with E-state index in [1.54, 1.807) is 0 Å². The Morgan fingerprint density at radius 1 is 0.514 bits per heavy atom. The number of allylic oxidation sites excluding steroid dienone is 10. The van der Waals surface area contributed by atoms with Gasteiger partial charge in [-0.05, 0) is 57.8 Å². The topological polar surface area (TPSA) is 307 Å². The van der Waals surface area contributed by atoms with Crippen LogP contribution in [0.25, 0.3) is 0 Å². The van der Waals surface area contributed by atoms with Crippen LogP contribution in [-0.4, -0.2) is 193 Å². The predicted octanol–water partition coefficient (Wildman–Crippen LogP) is 2.53. The molecule has 416 valence electrons. The highest BCUT2D eigenvalue weighted by Crippen LogP contribution is 2.33. The quantitative estimate of drug-likeness (QED) is 0.0317. The van der Waals surface area contributed by atoms with Gasteiger partial charge >= 0.3 is 0 Å². The Kier molecular flexibility index (Phi) is 33.0. The number of carbonyl (C=O) groups is 1. The fraction of sp³-hybridized carbons (Fsp3) is 0.792. The summed E-state index contributed by atoms with van der Waals surface area (Å²) in [4.78, 5) is 13.1. The van der Waals surface area contributed by atoms with Crippen LogP contribution in [0.4, 0.5) is 0 Å². The fourth-order valence-corrected chi connectivity index (χ4v) is 8.69. The van der Waals surface area contributed by atoms with E-state index in [0.717, 1.165) is 96.3 Å². The standard InChI is InChI=1S/C53H91NO18/c1-3-5-7-9-10-11-12-13-14-15-16-17-18-19-20-21-22-23-24-25-26-27-29-31-41(59)54-36(37(58)30-28-8-6-4-2)35-67-51-47(65)44(62)49(39(33-56)69-51)72-53-48(66)45(63)50(40(34-57)70-53)71-52-46(64)43(61)42(60)38(32-55)68-52/h5,7,10-11,13-14,16-17,19-20,36-40,42-53,55-58,60-66H,3-4,6,8-9,12,15,18,21-35H2,1-2H3,(H,54,59)/b7-5-,11-10-,14-13-,17-16-,20-19-. The van der Waals surface area contributed by atoms with Gasteiger partial charge in [0.15, 0.2) is 18.9 Å². The summed E-state index contributed by atoms with van der Waals surface area (Å²) in [5.41, 5.74) is 0. The minimum Gasteiger partial charge on any atom is -0.394 e. The van der Waals surface area contributed by atoms with Gasteiger partial charge < -0.3 is 89.9 Å². The zero-order chi connectivity index (χ0) is 52.7. The van der Waals surface area contributed by atoms with Crippen LogP contribution in [0.3, 0.4) is 0 Å². The summed E-state index contributed by atoms with van der Waals surface area (Å²) >= 11 is 0. The summed E-state index contributed by atoms with van der Waals surface area (Å²) in [6.07, 6.45) is 12.7. The predicted molar refractivity (Wildman–Crippen MR) is 268 cm³/mol. The Labute approximate surface area is 426 Å². The normalized spacial score (nSPS) is 32.5. The number of amides is 1. The number of hydrogen-bond donors (Lipinski definition) is 12. The van der Waals surface area contributed by atoms with Crippen molar-refractivity contribution in [1.29, 1.82) is 0 Å². The summed E-state index contributed by atoms with van der Waals surface area (Å²) in [6.45, 7) is 1.48. The van der Waals surface area contributed by atoms with Crippen LogP contribution >= 0.6 is 0 Å². The van der Waals surface area contributed by atoms with E-state index < -0.39 is 124 Å². The number of carbonyl (C=O) groups excluding carboxylic acids is 1. The van der Waals surface area contributed by atoms with E-state index in [9.17, 15) is 61.0 Å². The summed E-state index contributed by atoms with van der Waals surface area (Å²) in [7, 11) is 0. The van der Waals surface area contributed by atoms with E-state index in [4.69, 9.17) is 28.4 Å². The van der Waals surface area contributed by atoms with Gasteiger partial charge in [-0.2, -0.15) is 0 Å². The molecule has 3 fully saturated rings. The number of nitrogens with one attached hydrogen (secondary N) is 1. The van der Waals surface area contributed by atoms with Crippen molar-refractivity contribution < 1.29 is 89.4 Å². The van der Waals surface area contributed by atoms with Gasteiger partial charge in [-0.25, -0.2) is 0 Å². The second-order valence-corrected chi connectivity index (χ2v) is 19.0. The van der Waals surface area contributed by atoms with Crippen molar-refractivity contribution in [2.45, 2.75) is 240 Å². The lowest BCUT2D eigenvalue weighted by molar-refractivity contribution is -0.379. The molecule has 17 unspecified atom stereocenters. The second kappa shape index (κ2) is 37.3. The van der Waals surface area contributed by atoms with Crippen molar-refractivity contribution in [2.24, 2.45) is 0 Å². The highest BCUT2D eigenvalue weighted by molar-refractivity contribution is 5.76. The maximum atomic E-state index is 13.1. The van der Waals surface area contributed by atoms with Gasteiger partial charge in [0.2, 0.25) is 5.91 Å². The second-order valence-electron chi connectivity index (χ2n) is 19.0. The number of aliphatic hydroxyl groups is 11. The molecule has 0 radical (unpaired) electrons. The number of ether oxygens (including phenoxy) is 6. The molecule has 0 saturated carbocycles. The van der Waals surface area contributed by atoms with Crippen molar-refractivity contribution in [3.05, 3.63) is 60.8 Å². The smallest absolute Gasteiger partial charge is 0.220 e. The minimum atomic E-state index is -1.97. The van der Waals surface area contributed by atoms with Gasteiger partial charge in [0, 0.05) is 6.42 Å². The van der Waals surface area contributed by atoms with Crippen molar-refractivity contribution in [3.8, 4) is 0 Å². The van der Waals surface area contributed by atoms with Crippen LogP contribution in [0.2, 0.25) is 0 Å². The molecule has 0 aromatic heterocycles. The highest BCUT2D eigenvalue weighted by Gasteiger charge is 2.53. The Balaban J connectivity index is 1.42. The Morgan fingerprint density at radius 2 is 0.958 bits per heavy atom. The zero-order valence-electron chi connectivity index (χ0n) is 42.6. The summed E-state index contributed by atoms with van der Waals surface area (Å²) in [6, 6.07) is -0.891. The van der Waals surface area contributed by atoms with E-state index in [0.29, 0.717) is 19.3 Å². The van der Waals surface area contributed by atoms with Crippen molar-refractivity contribution >= 4 is 5.91 Å². The van der Waals surface area contributed by atoms with Crippen molar-refractivity contribution in [2.75, 3.05) is 26.4 Å². The Morgan fingerprint density at radius 3 is 1.49 bits per heavy atom. The van der Waals surface area contributed by atoms with E-state index >= 15 is 0 Å². The molecule has 3 heterocycles. The molecule has 0 aromatic carbocycles. The summed E-state index contributed by atoms with van der Waals surface area (Å²) < 4.78 is 34.0. The van der Waals surface area contributed by atoms with E-state index in [-0.39, 0.29) is 18.9 Å². The van der Waals surface area contributed by atoms with Crippen LogP contribution in [0.15, 0.2) is 60.8 Å². The maximum absolute atomic E-state index is 13.1. The third kappa shape index (κ3) is 22.4. The average molecular weight is 1030 g/mol. The van der Waals surface area contributed by atoms with E-state index in [1.165, 1.54) is 0 Å². The number of rotatable bonds is 36. The molecular weight excluding hydrogens is 939 g/mol. The van der Waals surface area contributed by atoms with Gasteiger partial charge in [0.25, 0.3) is 0 Å². The Hall–Kier alpha value is -2.51. The van der Waals surface area contributed by atoms with E-state index in [1.807, 2.05) is 0 Å². The molecule has 0 spiro atoms. The van der Waals surface area contributed by atoms with Crippen LogP contribution < -0.4 is 5.32 Å². The zero-order valence-corrected chi connectivity index (χ0v) is 42.6. The molecule has 0 bridgehead atoms. The number of hydrogen-bond acceptors (Lipinski definition) is 18. The largest absolute Gasteiger partial charge is 0.394 e. The van der Waals surface area contributed by atoms with Crippen LogP contribution in [-0.2, 0) is 33.2 Å². The fourth-order valence-electron chi connectivity index (χ4n) is 8.69. The van der Waals surface area contributed by atoms with Gasteiger partial charge in [-0.1, -0.05) is 132 Å². The maximum Gasteiger partial charge on any atom is 0.220 e. The monoisotopic (exact) mass is 1030 g/mol. The first-order valence-corrected chi connectivity index (χ1v) is 26.5. The SMILES string of the molecule is CC/C=C\C/C=C\C/C=C\C/C=C\C/C=C\CCCCCCCCCC(=O)NC(COC1OC(CO)C(OC2OC(CO)C(OC3OC(CO)C(O)C(O)C3O)C(O)C2O)C(O)C1O)C(O)CCCCCC. The lowest BCUT2D eigenvalue weighted by Gasteiger charge is -2.48. The molecule has 0 aliphatic carbocycles. The van der Waals surface area contributed by atoms with Crippen molar-refractivity contribution in [1.82, 2.24) is 5.32 Å². The van der Waals surface area contributed by atoms with Gasteiger partial charge in [-0.15, -0.1) is 0 Å². The first-order valence-electron chi connectivity index (χ1n) is 26.5. The summed E-state index contributed by atoms with van der Waals surface area (Å²) in [5.74, 6) is -0.268. The first-order chi connectivity index (χ1) is 34.8. The number of aliphatic hydroxyl groups excluding tert-OH is 11. The molecule has 0 aromatic rings. The van der Waals surface area contributed by atoms with Gasteiger partial charge in [0.05, 0.1) is 38.6 Å². The van der Waals surface area contributed by atoms with Gasteiger partial charge in [-0.3, -0.25) is 4.79 Å². The van der Waals surface area contributed by atoms with Gasteiger partial charge in [0.1, 0.15) is 73.2 Å². The third-order valence-electron chi connectivity index (χ3n) is 13.1. The van der Waals surface area contributed by atoms with Crippen LogP contribution in [0.1, 0.15) is 136 Å². The molecular formula is C53H91NO18. The highest BCUT2D eigenvalue weighted by atomic mass is 16.8. The third-order valence-corrected chi connectivity index (χ3v) is 13.1. The molecule has 3 rings (SSSR count). The minimum absolute atomic E-state index is 0.248. The molecule has 3 aliphatic rings. The van der Waals surface area contributed by atoms with Crippen LogP contribution in [0.5, 0.6) is 0 Å². The number of unbranched alkanes of at least 4 members (excludes halogenated alkanes) is 10. The molecule has 72 heavy (non-hydrogen) atoms. The molecule has 17 atom stereocenters.